The van der Waals surface area contributed by atoms with Crippen LogP contribution in [0.25, 0.3) is 0 Å². The lowest BCUT2D eigenvalue weighted by Gasteiger charge is -2.44. The van der Waals surface area contributed by atoms with E-state index < -0.39 is 54.4 Å². The lowest BCUT2D eigenvalue weighted by Crippen LogP contribution is -2.59. The second-order valence-electron chi connectivity index (χ2n) is 7.23. The Morgan fingerprint density at radius 2 is 1.36 bits per heavy atom. The Kier molecular flexibility index (Phi) is 9.03. The standard InChI is InChI=1S/C22H28O11/c1-11(23)29-10-18-20(30-12(2)24)22(32-14(4)26)21(31-13(3)25)19(33-18)16-8-7-15(27-5)9-17(16)28-6/h7-9,18-22H,10H2,1-6H3/t18-,19+,20+,21+,22+/m1/s1. The highest BCUT2D eigenvalue weighted by atomic mass is 16.7. The van der Waals surface area contributed by atoms with E-state index in [0.717, 1.165) is 13.8 Å². The van der Waals surface area contributed by atoms with E-state index in [-0.39, 0.29) is 6.61 Å². The summed E-state index contributed by atoms with van der Waals surface area (Å²) >= 11 is 0. The third kappa shape index (κ3) is 6.82. The lowest BCUT2D eigenvalue weighted by atomic mass is 9.90. The van der Waals surface area contributed by atoms with Gasteiger partial charge < -0.3 is 33.2 Å². The Labute approximate surface area is 191 Å². The Morgan fingerprint density at radius 1 is 0.788 bits per heavy atom. The molecular weight excluding hydrogens is 440 g/mol. The number of carbonyl (C=O) groups excluding carboxylic acids is 4. The van der Waals surface area contributed by atoms with E-state index in [9.17, 15) is 19.2 Å². The summed E-state index contributed by atoms with van der Waals surface area (Å²) in [6.45, 7) is 4.40. The van der Waals surface area contributed by atoms with Crippen LogP contribution in [0.5, 0.6) is 11.5 Å². The molecular formula is C22H28O11. The third-order valence-electron chi connectivity index (χ3n) is 4.74. The van der Waals surface area contributed by atoms with Gasteiger partial charge in [-0.2, -0.15) is 0 Å². The molecule has 0 bridgehead atoms. The van der Waals surface area contributed by atoms with E-state index >= 15 is 0 Å². The van der Waals surface area contributed by atoms with Crippen molar-refractivity contribution in [2.75, 3.05) is 20.8 Å². The highest BCUT2D eigenvalue weighted by molar-refractivity contribution is 5.69. The van der Waals surface area contributed by atoms with Crippen molar-refractivity contribution >= 4 is 23.9 Å². The van der Waals surface area contributed by atoms with Crippen LogP contribution < -0.4 is 9.47 Å². The van der Waals surface area contributed by atoms with Gasteiger partial charge in [-0.3, -0.25) is 19.2 Å². The fourth-order valence-electron chi connectivity index (χ4n) is 3.53. The summed E-state index contributed by atoms with van der Waals surface area (Å²) in [6.07, 6.45) is -5.79. The molecule has 0 saturated carbocycles. The van der Waals surface area contributed by atoms with Crippen molar-refractivity contribution in [1.82, 2.24) is 0 Å². The van der Waals surface area contributed by atoms with Gasteiger partial charge >= 0.3 is 23.9 Å². The SMILES string of the molecule is COc1ccc([C@@H]2O[C@H](COC(C)=O)[C@H](OC(C)=O)[C@H](OC(C)=O)[C@H]2OC(C)=O)c(OC)c1. The summed E-state index contributed by atoms with van der Waals surface area (Å²) in [6, 6.07) is 4.88. The van der Waals surface area contributed by atoms with Crippen molar-refractivity contribution in [1.29, 1.82) is 0 Å². The van der Waals surface area contributed by atoms with Gasteiger partial charge in [0.25, 0.3) is 0 Å². The zero-order valence-corrected chi connectivity index (χ0v) is 19.3. The molecule has 182 valence electrons. The first-order valence-electron chi connectivity index (χ1n) is 10.1. The Balaban J connectivity index is 2.62. The predicted molar refractivity (Wildman–Crippen MR) is 110 cm³/mol. The largest absolute Gasteiger partial charge is 0.497 e. The number of ether oxygens (including phenoxy) is 7. The number of hydrogen-bond acceptors (Lipinski definition) is 11. The van der Waals surface area contributed by atoms with Crippen LogP contribution in [-0.4, -0.2) is 69.1 Å². The smallest absolute Gasteiger partial charge is 0.303 e. The minimum atomic E-state index is -1.26. The zero-order valence-electron chi connectivity index (χ0n) is 19.3. The normalized spacial score (nSPS) is 24.2. The molecule has 11 heteroatoms. The molecule has 0 aromatic heterocycles. The summed E-state index contributed by atoms with van der Waals surface area (Å²) < 4.78 is 38.2. The van der Waals surface area contributed by atoms with Crippen LogP contribution in [0.1, 0.15) is 39.4 Å². The van der Waals surface area contributed by atoms with Crippen LogP contribution in [0.3, 0.4) is 0 Å². The van der Waals surface area contributed by atoms with Gasteiger partial charge in [-0.05, 0) is 12.1 Å². The molecule has 1 aromatic rings. The number of methoxy groups -OCH3 is 2. The molecule has 0 amide bonds. The maximum Gasteiger partial charge on any atom is 0.303 e. The first-order chi connectivity index (χ1) is 15.6. The van der Waals surface area contributed by atoms with Crippen LogP contribution in [-0.2, 0) is 42.9 Å². The van der Waals surface area contributed by atoms with Crippen LogP contribution >= 0.6 is 0 Å². The highest BCUT2D eigenvalue weighted by Crippen LogP contribution is 2.41. The monoisotopic (exact) mass is 468 g/mol. The fourth-order valence-corrected chi connectivity index (χ4v) is 3.53. The second kappa shape index (κ2) is 11.5. The Bertz CT molecular complexity index is 881. The molecule has 1 fully saturated rings. The molecule has 1 heterocycles. The van der Waals surface area contributed by atoms with Crippen molar-refractivity contribution in [3.05, 3.63) is 23.8 Å². The minimum Gasteiger partial charge on any atom is -0.497 e. The van der Waals surface area contributed by atoms with Crippen LogP contribution in [0.15, 0.2) is 18.2 Å². The van der Waals surface area contributed by atoms with Crippen LogP contribution in [0.2, 0.25) is 0 Å². The van der Waals surface area contributed by atoms with E-state index in [1.165, 1.54) is 28.1 Å². The molecule has 1 saturated heterocycles. The third-order valence-corrected chi connectivity index (χ3v) is 4.74. The van der Waals surface area contributed by atoms with Crippen LogP contribution in [0, 0.1) is 0 Å². The average molecular weight is 468 g/mol. The first kappa shape index (κ1) is 25.9. The summed E-state index contributed by atoms with van der Waals surface area (Å²) in [7, 11) is 2.92. The van der Waals surface area contributed by atoms with Gasteiger partial charge in [0.1, 0.15) is 30.3 Å². The van der Waals surface area contributed by atoms with Gasteiger partial charge in [-0.15, -0.1) is 0 Å². The number of carbonyl (C=O) groups is 4. The maximum absolute atomic E-state index is 12.0. The predicted octanol–water partition coefficient (Wildman–Crippen LogP) is 1.50. The molecule has 1 aromatic carbocycles. The van der Waals surface area contributed by atoms with Crippen molar-refractivity contribution in [3.63, 3.8) is 0 Å². The maximum atomic E-state index is 12.0. The fraction of sp³-hybridized carbons (Fsp3) is 0.545. The number of benzene rings is 1. The molecule has 33 heavy (non-hydrogen) atoms. The first-order valence-corrected chi connectivity index (χ1v) is 10.1. The Morgan fingerprint density at radius 3 is 1.88 bits per heavy atom. The van der Waals surface area contributed by atoms with E-state index in [1.807, 2.05) is 0 Å². The molecule has 2 rings (SSSR count). The molecule has 1 aliphatic heterocycles. The minimum absolute atomic E-state index is 0.313. The molecule has 0 radical (unpaired) electrons. The van der Waals surface area contributed by atoms with Gasteiger partial charge in [0.15, 0.2) is 18.3 Å². The quantitative estimate of drug-likeness (QED) is 0.406. The molecule has 11 nitrogen and oxygen atoms in total. The molecule has 0 aliphatic carbocycles. The van der Waals surface area contributed by atoms with E-state index in [4.69, 9.17) is 33.2 Å². The second-order valence-corrected chi connectivity index (χ2v) is 7.23. The number of hydrogen-bond donors (Lipinski definition) is 0. The van der Waals surface area contributed by atoms with Crippen molar-refractivity contribution in [2.24, 2.45) is 0 Å². The summed E-state index contributed by atoms with van der Waals surface area (Å²) in [5, 5.41) is 0. The van der Waals surface area contributed by atoms with E-state index in [0.29, 0.717) is 17.1 Å². The topological polar surface area (TPSA) is 133 Å². The lowest BCUT2D eigenvalue weighted by molar-refractivity contribution is -0.254. The zero-order chi connectivity index (χ0) is 24.7. The van der Waals surface area contributed by atoms with Gasteiger partial charge in [0, 0.05) is 39.3 Å². The molecule has 0 N–H and O–H groups in total. The molecule has 5 atom stereocenters. The van der Waals surface area contributed by atoms with E-state index in [1.54, 1.807) is 18.2 Å². The summed E-state index contributed by atoms with van der Waals surface area (Å²) in [5.74, 6) is -1.84. The van der Waals surface area contributed by atoms with Crippen molar-refractivity contribution in [2.45, 2.75) is 58.2 Å². The van der Waals surface area contributed by atoms with Gasteiger partial charge in [-0.1, -0.05) is 0 Å². The number of rotatable bonds is 8. The van der Waals surface area contributed by atoms with Gasteiger partial charge in [0.2, 0.25) is 0 Å². The average Bonchev–Trinajstić information content (AvgIpc) is 2.73. The summed E-state index contributed by atoms with van der Waals surface area (Å²) in [5.41, 5.74) is 0.441. The number of esters is 4. The van der Waals surface area contributed by atoms with Gasteiger partial charge in [-0.25, -0.2) is 0 Å². The van der Waals surface area contributed by atoms with E-state index in [2.05, 4.69) is 0 Å². The van der Waals surface area contributed by atoms with Crippen molar-refractivity contribution in [3.8, 4) is 11.5 Å². The molecule has 0 unspecified atom stereocenters. The summed E-state index contributed by atoms with van der Waals surface area (Å²) in [4.78, 5) is 47.1. The molecule has 0 spiro atoms. The molecule has 1 aliphatic rings. The highest BCUT2D eigenvalue weighted by Gasteiger charge is 2.53. The Hall–Kier alpha value is -3.34. The van der Waals surface area contributed by atoms with Crippen LogP contribution in [0.4, 0.5) is 0 Å². The van der Waals surface area contributed by atoms with Crippen molar-refractivity contribution < 1.29 is 52.3 Å². The van der Waals surface area contributed by atoms with Gasteiger partial charge in [0.05, 0.1) is 14.2 Å².